The van der Waals surface area contributed by atoms with Gasteiger partial charge in [-0.1, -0.05) is 61.4 Å². The molecule has 5 heteroatoms. The van der Waals surface area contributed by atoms with Crippen molar-refractivity contribution in [3.8, 4) is 0 Å². The summed E-state index contributed by atoms with van der Waals surface area (Å²) >= 11 is 0. The molecule has 0 spiro atoms. The fourth-order valence-corrected chi connectivity index (χ4v) is 4.56. The average Bonchev–Trinajstić information content (AvgIpc) is 3.41. The zero-order valence-electron chi connectivity index (χ0n) is 19.4. The predicted octanol–water partition coefficient (Wildman–Crippen LogP) is 5.26. The summed E-state index contributed by atoms with van der Waals surface area (Å²) in [6, 6.07) is 17.5. The number of rotatable bonds is 10. The van der Waals surface area contributed by atoms with E-state index in [1.165, 1.54) is 48.4 Å². The average molecular weight is 449 g/mol. The molecule has 2 fully saturated rings. The Hall–Kier alpha value is -2.47. The van der Waals surface area contributed by atoms with Crippen LogP contribution in [0.15, 0.2) is 54.6 Å². The van der Waals surface area contributed by atoms with E-state index in [9.17, 15) is 4.79 Å². The van der Waals surface area contributed by atoms with Crippen molar-refractivity contribution < 1.29 is 14.4 Å². The van der Waals surface area contributed by atoms with Crippen molar-refractivity contribution in [1.82, 2.24) is 10.8 Å². The molecular weight excluding hydrogens is 412 g/mol. The van der Waals surface area contributed by atoms with E-state index < -0.39 is 0 Å². The fourth-order valence-electron chi connectivity index (χ4n) is 4.56. The smallest absolute Gasteiger partial charge is 0.267 e. The second-order valence-corrected chi connectivity index (χ2v) is 9.10. The van der Waals surface area contributed by atoms with Crippen molar-refractivity contribution in [2.75, 3.05) is 13.2 Å². The van der Waals surface area contributed by atoms with Crippen molar-refractivity contribution in [3.05, 3.63) is 76.9 Å². The first-order chi connectivity index (χ1) is 16.3. The highest BCUT2D eigenvalue weighted by molar-refractivity contribution is 5.90. The Bertz CT molecular complexity index is 880. The van der Waals surface area contributed by atoms with Gasteiger partial charge in [0.2, 0.25) is 0 Å². The third-order valence-electron chi connectivity index (χ3n) is 6.56. The summed E-state index contributed by atoms with van der Waals surface area (Å²) in [6.07, 6.45) is 12.4. The van der Waals surface area contributed by atoms with E-state index in [0.29, 0.717) is 6.61 Å². The molecule has 33 heavy (non-hydrogen) atoms. The number of benzene rings is 2. The molecule has 1 atom stereocenters. The number of amides is 1. The maximum Gasteiger partial charge on any atom is 0.267 e. The van der Waals surface area contributed by atoms with Crippen LogP contribution in [0.1, 0.15) is 73.1 Å². The molecule has 1 heterocycles. The first-order valence-electron chi connectivity index (χ1n) is 12.4. The van der Waals surface area contributed by atoms with Crippen LogP contribution < -0.4 is 10.8 Å². The minimum atomic E-state index is -0.334. The van der Waals surface area contributed by atoms with Gasteiger partial charge in [-0.2, -0.15) is 0 Å². The van der Waals surface area contributed by atoms with E-state index >= 15 is 0 Å². The van der Waals surface area contributed by atoms with E-state index in [1.807, 2.05) is 12.1 Å². The summed E-state index contributed by atoms with van der Waals surface area (Å²) in [5, 5.41) is 3.53. The van der Waals surface area contributed by atoms with Crippen molar-refractivity contribution in [2.24, 2.45) is 0 Å². The molecule has 2 aliphatic rings. The normalized spacial score (nSPS) is 19.2. The molecule has 2 N–H and O–H groups in total. The number of carbonyl (C=O) groups excluding carboxylic acids is 1. The summed E-state index contributed by atoms with van der Waals surface area (Å²) in [5.74, 6) is 0.500. The minimum absolute atomic E-state index is 0.286. The standard InChI is InChI=1S/C28H36N2O3/c31-27(30-33-28-7-3-4-20-32-28)17-14-22-8-10-24(11-9-22)21-29-19-18-23-12-15-26(16-13-23)25-5-1-2-6-25/h8-17,25,28-29H,1-7,18-21H2,(H,30,31)/b17-14+. The van der Waals surface area contributed by atoms with Crippen LogP contribution in [0.3, 0.4) is 0 Å². The van der Waals surface area contributed by atoms with Crippen LogP contribution in [0, 0.1) is 0 Å². The second-order valence-electron chi connectivity index (χ2n) is 9.10. The molecule has 5 nitrogen and oxygen atoms in total. The maximum absolute atomic E-state index is 11.9. The molecule has 0 bridgehead atoms. The van der Waals surface area contributed by atoms with Gasteiger partial charge in [0.25, 0.3) is 5.91 Å². The van der Waals surface area contributed by atoms with E-state index in [1.54, 1.807) is 6.08 Å². The van der Waals surface area contributed by atoms with Gasteiger partial charge in [0.05, 0.1) is 0 Å². The highest BCUT2D eigenvalue weighted by Gasteiger charge is 2.16. The molecule has 1 unspecified atom stereocenters. The van der Waals surface area contributed by atoms with Crippen molar-refractivity contribution >= 4 is 12.0 Å². The van der Waals surface area contributed by atoms with E-state index in [-0.39, 0.29) is 12.2 Å². The largest absolute Gasteiger partial charge is 0.350 e. The molecule has 1 aliphatic carbocycles. The zero-order chi connectivity index (χ0) is 22.7. The summed E-state index contributed by atoms with van der Waals surface area (Å²) < 4.78 is 5.43. The monoisotopic (exact) mass is 448 g/mol. The third-order valence-corrected chi connectivity index (χ3v) is 6.56. The Morgan fingerprint density at radius 1 is 0.939 bits per heavy atom. The van der Waals surface area contributed by atoms with Crippen molar-refractivity contribution in [3.63, 3.8) is 0 Å². The van der Waals surface area contributed by atoms with Gasteiger partial charge in [0, 0.05) is 25.6 Å². The van der Waals surface area contributed by atoms with Crippen LogP contribution in [-0.2, 0) is 27.3 Å². The fraction of sp³-hybridized carbons (Fsp3) is 0.464. The molecular formula is C28H36N2O3. The third kappa shape index (κ3) is 7.81. The van der Waals surface area contributed by atoms with Crippen LogP contribution in [-0.4, -0.2) is 25.3 Å². The predicted molar refractivity (Wildman–Crippen MR) is 131 cm³/mol. The van der Waals surface area contributed by atoms with Crippen LogP contribution in [0.2, 0.25) is 0 Å². The zero-order valence-corrected chi connectivity index (χ0v) is 19.4. The molecule has 2 aromatic rings. The van der Waals surface area contributed by atoms with E-state index in [4.69, 9.17) is 9.57 Å². The van der Waals surface area contributed by atoms with Gasteiger partial charge < -0.3 is 10.1 Å². The summed E-state index contributed by atoms with van der Waals surface area (Å²) in [7, 11) is 0. The van der Waals surface area contributed by atoms with Gasteiger partial charge in [-0.15, -0.1) is 0 Å². The molecule has 1 saturated heterocycles. The highest BCUT2D eigenvalue weighted by Crippen LogP contribution is 2.33. The topological polar surface area (TPSA) is 59.6 Å². The molecule has 1 amide bonds. The van der Waals surface area contributed by atoms with Crippen molar-refractivity contribution in [1.29, 1.82) is 0 Å². The Balaban J connectivity index is 1.13. The lowest BCUT2D eigenvalue weighted by Gasteiger charge is -2.21. The van der Waals surface area contributed by atoms with Crippen LogP contribution >= 0.6 is 0 Å². The molecule has 0 aromatic heterocycles. The lowest BCUT2D eigenvalue weighted by atomic mass is 9.96. The summed E-state index contributed by atoms with van der Waals surface area (Å²) in [4.78, 5) is 17.2. The Morgan fingerprint density at radius 3 is 2.39 bits per heavy atom. The van der Waals surface area contributed by atoms with Gasteiger partial charge in [0.1, 0.15) is 0 Å². The van der Waals surface area contributed by atoms with Crippen LogP contribution in [0.25, 0.3) is 6.08 Å². The van der Waals surface area contributed by atoms with Crippen LogP contribution in [0.4, 0.5) is 0 Å². The minimum Gasteiger partial charge on any atom is -0.350 e. The van der Waals surface area contributed by atoms with Crippen molar-refractivity contribution in [2.45, 2.75) is 70.1 Å². The molecule has 0 radical (unpaired) electrons. The lowest BCUT2D eigenvalue weighted by Crippen LogP contribution is -2.32. The number of hydrogen-bond donors (Lipinski definition) is 2. The van der Waals surface area contributed by atoms with Gasteiger partial charge >= 0.3 is 0 Å². The maximum atomic E-state index is 11.9. The van der Waals surface area contributed by atoms with E-state index in [0.717, 1.165) is 50.3 Å². The number of carbonyl (C=O) groups is 1. The molecule has 4 rings (SSSR count). The Kier molecular flexibility index (Phi) is 9.10. The van der Waals surface area contributed by atoms with Gasteiger partial charge in [-0.05, 0) is 72.9 Å². The number of hydrogen-bond acceptors (Lipinski definition) is 4. The molecule has 176 valence electrons. The van der Waals surface area contributed by atoms with Gasteiger partial charge in [-0.25, -0.2) is 10.3 Å². The quantitative estimate of drug-likeness (QED) is 0.296. The number of nitrogens with one attached hydrogen (secondary N) is 2. The Labute approximate surface area is 197 Å². The summed E-state index contributed by atoms with van der Waals surface area (Å²) in [6.45, 7) is 2.47. The van der Waals surface area contributed by atoms with Gasteiger partial charge in [0.15, 0.2) is 6.29 Å². The first kappa shape index (κ1) is 23.7. The Morgan fingerprint density at radius 2 is 1.67 bits per heavy atom. The van der Waals surface area contributed by atoms with Crippen LogP contribution in [0.5, 0.6) is 0 Å². The second kappa shape index (κ2) is 12.7. The molecule has 1 aliphatic heterocycles. The summed E-state index contributed by atoms with van der Waals surface area (Å²) in [5.41, 5.74) is 7.55. The highest BCUT2D eigenvalue weighted by atomic mass is 16.8. The first-order valence-corrected chi connectivity index (χ1v) is 12.4. The number of hydroxylamine groups is 1. The number of ether oxygens (including phenoxy) is 1. The molecule has 2 aromatic carbocycles. The molecule has 1 saturated carbocycles. The van der Waals surface area contributed by atoms with E-state index in [2.05, 4.69) is 47.2 Å². The lowest BCUT2D eigenvalue weighted by molar-refractivity contribution is -0.198. The SMILES string of the molecule is O=C(/C=C/c1ccc(CNCCc2ccc(C3CCCC3)cc2)cc1)NOC1CCCCO1. The van der Waals surface area contributed by atoms with Gasteiger partial charge in [-0.3, -0.25) is 4.79 Å².